The fourth-order valence-corrected chi connectivity index (χ4v) is 3.48. The summed E-state index contributed by atoms with van der Waals surface area (Å²) in [5.74, 6) is 1.62. The Labute approximate surface area is 161 Å². The molecule has 1 amide bonds. The molecule has 1 fully saturated rings. The number of hydrogen-bond acceptors (Lipinski definition) is 3. The van der Waals surface area contributed by atoms with Crippen LogP contribution in [0.5, 0.6) is 5.75 Å². The molecule has 0 atom stereocenters. The van der Waals surface area contributed by atoms with Gasteiger partial charge in [0.15, 0.2) is 0 Å². The number of carbonyl (C=O) groups is 1. The standard InChI is InChI=1S/C21H26N2O2.ClH/c1-15-3-6-18(22)14-20(15)21(24)23-11-9-17(10-12-23)13-16-4-7-19(25-2)8-5-16;/h3-8,14,17H,9-13,22H2,1-2H3;1H. The predicted molar refractivity (Wildman–Crippen MR) is 108 cm³/mol. The van der Waals surface area contributed by atoms with Crippen molar-refractivity contribution >= 4 is 24.0 Å². The quantitative estimate of drug-likeness (QED) is 0.819. The maximum atomic E-state index is 12.8. The molecule has 0 bridgehead atoms. The van der Waals surface area contributed by atoms with Crippen molar-refractivity contribution in [1.29, 1.82) is 0 Å². The number of piperidine rings is 1. The normalized spacial score (nSPS) is 14.6. The number of methoxy groups -OCH3 is 1. The molecule has 0 aromatic heterocycles. The van der Waals surface area contributed by atoms with Crippen LogP contribution >= 0.6 is 12.4 Å². The van der Waals surface area contributed by atoms with E-state index in [0.717, 1.165) is 49.2 Å². The first-order chi connectivity index (χ1) is 12.1. The first-order valence-electron chi connectivity index (χ1n) is 8.85. The number of likely N-dealkylation sites (tertiary alicyclic amines) is 1. The highest BCUT2D eigenvalue weighted by atomic mass is 35.5. The number of anilines is 1. The first kappa shape index (κ1) is 20.1. The van der Waals surface area contributed by atoms with Crippen molar-refractivity contribution in [2.24, 2.45) is 5.92 Å². The van der Waals surface area contributed by atoms with Gasteiger partial charge >= 0.3 is 0 Å². The maximum absolute atomic E-state index is 12.8. The number of nitrogen functional groups attached to an aromatic ring is 1. The molecule has 1 saturated heterocycles. The van der Waals surface area contributed by atoms with Gasteiger partial charge in [0.25, 0.3) is 5.91 Å². The van der Waals surface area contributed by atoms with Gasteiger partial charge in [0, 0.05) is 24.3 Å². The minimum Gasteiger partial charge on any atom is -0.497 e. The van der Waals surface area contributed by atoms with E-state index >= 15 is 0 Å². The summed E-state index contributed by atoms with van der Waals surface area (Å²) in [5.41, 5.74) is 9.53. The largest absolute Gasteiger partial charge is 0.497 e. The molecule has 0 unspecified atom stereocenters. The van der Waals surface area contributed by atoms with Gasteiger partial charge in [-0.05, 0) is 67.5 Å². The van der Waals surface area contributed by atoms with Gasteiger partial charge in [-0.3, -0.25) is 4.79 Å². The number of carbonyl (C=O) groups excluding carboxylic acids is 1. The zero-order chi connectivity index (χ0) is 17.8. The summed E-state index contributed by atoms with van der Waals surface area (Å²) in [6.07, 6.45) is 3.14. The van der Waals surface area contributed by atoms with E-state index in [2.05, 4.69) is 12.1 Å². The molecule has 0 radical (unpaired) electrons. The Hall–Kier alpha value is -2.20. The van der Waals surface area contributed by atoms with Crippen molar-refractivity contribution in [1.82, 2.24) is 4.90 Å². The van der Waals surface area contributed by atoms with Crippen LogP contribution in [0.1, 0.15) is 34.3 Å². The van der Waals surface area contributed by atoms with Crippen LogP contribution in [0.25, 0.3) is 0 Å². The molecule has 1 heterocycles. The van der Waals surface area contributed by atoms with E-state index in [1.54, 1.807) is 13.2 Å². The Morgan fingerprint density at radius 1 is 1.15 bits per heavy atom. The second-order valence-corrected chi connectivity index (χ2v) is 6.86. The average molecular weight is 375 g/mol. The second-order valence-electron chi connectivity index (χ2n) is 6.86. The molecule has 5 heteroatoms. The average Bonchev–Trinajstić information content (AvgIpc) is 2.64. The number of hydrogen-bond donors (Lipinski definition) is 1. The summed E-state index contributed by atoms with van der Waals surface area (Å²) in [6.45, 7) is 3.59. The fraction of sp³-hybridized carbons (Fsp3) is 0.381. The Morgan fingerprint density at radius 3 is 2.42 bits per heavy atom. The number of rotatable bonds is 4. The summed E-state index contributed by atoms with van der Waals surface area (Å²) >= 11 is 0. The first-order valence-corrected chi connectivity index (χ1v) is 8.85. The summed E-state index contributed by atoms with van der Waals surface area (Å²) < 4.78 is 5.21. The van der Waals surface area contributed by atoms with Crippen LogP contribution in [0.4, 0.5) is 5.69 Å². The van der Waals surface area contributed by atoms with Gasteiger partial charge in [-0.25, -0.2) is 0 Å². The number of amides is 1. The van der Waals surface area contributed by atoms with Crippen molar-refractivity contribution in [3.05, 3.63) is 59.2 Å². The van der Waals surface area contributed by atoms with Gasteiger partial charge in [-0.1, -0.05) is 18.2 Å². The van der Waals surface area contributed by atoms with Gasteiger partial charge in [0.05, 0.1) is 7.11 Å². The van der Waals surface area contributed by atoms with Crippen molar-refractivity contribution in [3.8, 4) is 5.75 Å². The third-order valence-electron chi connectivity index (χ3n) is 5.08. The highest BCUT2D eigenvalue weighted by Crippen LogP contribution is 2.25. The molecule has 0 saturated carbocycles. The molecule has 2 aromatic carbocycles. The molecular formula is C21H27ClN2O2. The lowest BCUT2D eigenvalue weighted by atomic mass is 9.90. The van der Waals surface area contributed by atoms with Crippen LogP contribution in [0.15, 0.2) is 42.5 Å². The molecule has 2 N–H and O–H groups in total. The van der Waals surface area contributed by atoms with Crippen molar-refractivity contribution in [3.63, 3.8) is 0 Å². The Bertz CT molecular complexity index is 738. The molecule has 140 valence electrons. The van der Waals surface area contributed by atoms with Gasteiger partial charge < -0.3 is 15.4 Å². The Morgan fingerprint density at radius 2 is 1.81 bits per heavy atom. The van der Waals surface area contributed by atoms with Crippen molar-refractivity contribution in [2.75, 3.05) is 25.9 Å². The van der Waals surface area contributed by atoms with Crippen LogP contribution in [-0.2, 0) is 6.42 Å². The summed E-state index contributed by atoms with van der Waals surface area (Å²) in [5, 5.41) is 0. The molecule has 26 heavy (non-hydrogen) atoms. The van der Waals surface area contributed by atoms with E-state index in [9.17, 15) is 4.79 Å². The fourth-order valence-electron chi connectivity index (χ4n) is 3.48. The molecule has 1 aliphatic rings. The second kappa shape index (κ2) is 8.95. The highest BCUT2D eigenvalue weighted by molar-refractivity contribution is 5.96. The zero-order valence-electron chi connectivity index (χ0n) is 15.4. The van der Waals surface area contributed by atoms with Crippen LogP contribution in [0.2, 0.25) is 0 Å². The smallest absolute Gasteiger partial charge is 0.254 e. The molecule has 4 nitrogen and oxygen atoms in total. The van der Waals surface area contributed by atoms with E-state index in [4.69, 9.17) is 10.5 Å². The molecule has 0 spiro atoms. The van der Waals surface area contributed by atoms with Crippen LogP contribution < -0.4 is 10.5 Å². The molecule has 3 rings (SSSR count). The summed E-state index contributed by atoms with van der Waals surface area (Å²) in [4.78, 5) is 14.7. The minimum absolute atomic E-state index is 0. The van der Waals surface area contributed by atoms with Crippen LogP contribution in [0, 0.1) is 12.8 Å². The van der Waals surface area contributed by atoms with Gasteiger partial charge in [-0.2, -0.15) is 0 Å². The lowest BCUT2D eigenvalue weighted by Gasteiger charge is -2.32. The number of aryl methyl sites for hydroxylation is 1. The monoisotopic (exact) mass is 374 g/mol. The van der Waals surface area contributed by atoms with E-state index in [1.165, 1.54) is 5.56 Å². The highest BCUT2D eigenvalue weighted by Gasteiger charge is 2.24. The van der Waals surface area contributed by atoms with Gasteiger partial charge in [-0.15, -0.1) is 12.4 Å². The van der Waals surface area contributed by atoms with Gasteiger partial charge in [0.2, 0.25) is 0 Å². The van der Waals surface area contributed by atoms with Gasteiger partial charge in [0.1, 0.15) is 5.75 Å². The van der Waals surface area contributed by atoms with Crippen LogP contribution in [-0.4, -0.2) is 31.0 Å². The molecular weight excluding hydrogens is 348 g/mol. The van der Waals surface area contributed by atoms with E-state index in [-0.39, 0.29) is 18.3 Å². The molecule has 1 aliphatic heterocycles. The summed E-state index contributed by atoms with van der Waals surface area (Å²) in [7, 11) is 1.68. The summed E-state index contributed by atoms with van der Waals surface area (Å²) in [6, 6.07) is 13.8. The predicted octanol–water partition coefficient (Wildman–Crippen LogP) is 4.10. The number of halogens is 1. The molecule has 2 aromatic rings. The minimum atomic E-state index is 0. The van der Waals surface area contributed by atoms with E-state index in [1.807, 2.05) is 36.1 Å². The van der Waals surface area contributed by atoms with Crippen molar-refractivity contribution < 1.29 is 9.53 Å². The number of nitrogens with two attached hydrogens (primary N) is 1. The Kier molecular flexibility index (Phi) is 6.92. The van der Waals surface area contributed by atoms with Crippen LogP contribution in [0.3, 0.4) is 0 Å². The maximum Gasteiger partial charge on any atom is 0.254 e. The topological polar surface area (TPSA) is 55.6 Å². The van der Waals surface area contributed by atoms with Crippen molar-refractivity contribution in [2.45, 2.75) is 26.2 Å². The number of benzene rings is 2. The SMILES string of the molecule is COc1ccc(CC2CCN(C(=O)c3cc(N)ccc3C)CC2)cc1.Cl. The number of ether oxygens (including phenoxy) is 1. The lowest BCUT2D eigenvalue weighted by Crippen LogP contribution is -2.39. The zero-order valence-corrected chi connectivity index (χ0v) is 16.2. The molecule has 0 aliphatic carbocycles. The third kappa shape index (κ3) is 4.70. The van der Waals surface area contributed by atoms with E-state index in [0.29, 0.717) is 11.6 Å². The lowest BCUT2D eigenvalue weighted by molar-refractivity contribution is 0.0690. The van der Waals surface area contributed by atoms with E-state index < -0.39 is 0 Å². The number of nitrogens with zero attached hydrogens (tertiary/aromatic N) is 1. The third-order valence-corrected chi connectivity index (χ3v) is 5.08. The Balaban J connectivity index is 0.00000243.